The summed E-state index contributed by atoms with van der Waals surface area (Å²) in [6, 6.07) is 8.06. The minimum Gasteiger partial charge on any atom is -0.337 e. The molecule has 0 radical (unpaired) electrons. The minimum atomic E-state index is -0.386. The molecule has 3 amide bonds. The Labute approximate surface area is 163 Å². The minimum absolute atomic E-state index is 0.00417. The summed E-state index contributed by atoms with van der Waals surface area (Å²) in [6.45, 7) is 3.82. The highest BCUT2D eigenvalue weighted by atomic mass is 16.2. The van der Waals surface area contributed by atoms with Crippen molar-refractivity contribution in [3.63, 3.8) is 0 Å². The van der Waals surface area contributed by atoms with Gasteiger partial charge in [-0.25, -0.2) is 9.59 Å². The van der Waals surface area contributed by atoms with Gasteiger partial charge in [0.05, 0.1) is 6.04 Å². The Morgan fingerprint density at radius 1 is 1.14 bits per heavy atom. The van der Waals surface area contributed by atoms with Crippen molar-refractivity contribution in [2.24, 2.45) is 11.8 Å². The van der Waals surface area contributed by atoms with Crippen molar-refractivity contribution in [3.8, 4) is 0 Å². The normalized spacial score (nSPS) is 23.8. The number of nitrogens with zero attached hydrogens (tertiary/aromatic N) is 3. The van der Waals surface area contributed by atoms with Gasteiger partial charge in [0.25, 0.3) is 5.91 Å². The fourth-order valence-electron chi connectivity index (χ4n) is 4.60. The number of rotatable bonds is 2. The van der Waals surface area contributed by atoms with Crippen LogP contribution in [0.25, 0.3) is 0 Å². The zero-order chi connectivity index (χ0) is 20.0. The maximum absolute atomic E-state index is 12.8. The van der Waals surface area contributed by atoms with E-state index < -0.39 is 0 Å². The zero-order valence-electron chi connectivity index (χ0n) is 16.3. The predicted molar refractivity (Wildman–Crippen MR) is 104 cm³/mol. The summed E-state index contributed by atoms with van der Waals surface area (Å²) in [5.41, 5.74) is 2.17. The van der Waals surface area contributed by atoms with Gasteiger partial charge in [-0.2, -0.15) is 0 Å². The van der Waals surface area contributed by atoms with Gasteiger partial charge in [0.15, 0.2) is 0 Å². The van der Waals surface area contributed by atoms with Crippen LogP contribution in [-0.2, 0) is 0 Å². The van der Waals surface area contributed by atoms with E-state index in [2.05, 4.69) is 29.0 Å². The van der Waals surface area contributed by atoms with Gasteiger partial charge >= 0.3 is 11.7 Å². The van der Waals surface area contributed by atoms with Crippen molar-refractivity contribution >= 4 is 11.9 Å². The van der Waals surface area contributed by atoms with Crippen LogP contribution in [0.1, 0.15) is 27.7 Å². The monoisotopic (exact) mass is 383 g/mol. The van der Waals surface area contributed by atoms with Crippen molar-refractivity contribution in [1.82, 2.24) is 24.7 Å². The quantitative estimate of drug-likeness (QED) is 0.822. The number of imidazole rings is 1. The van der Waals surface area contributed by atoms with Gasteiger partial charge in [0.1, 0.15) is 5.69 Å². The second-order valence-corrected chi connectivity index (χ2v) is 7.92. The van der Waals surface area contributed by atoms with Crippen LogP contribution < -0.4 is 5.69 Å². The standard InChI is InChI=1S/C20H25N5O3/c1-12-6-4-5-7-14(12)17-15-11-24(18(26)16-8-21-19(27)22-16)9-13(15)10-25(17)20(28)23(2)3/h4-8,13,15,17H,9-11H2,1-3H3,(H2,21,22,27)/t13-,15-,17+/m1/s1. The van der Waals surface area contributed by atoms with Crippen LogP contribution in [0.5, 0.6) is 0 Å². The molecule has 8 nitrogen and oxygen atoms in total. The van der Waals surface area contributed by atoms with Crippen molar-refractivity contribution < 1.29 is 9.59 Å². The van der Waals surface area contributed by atoms with Crippen molar-refractivity contribution in [1.29, 1.82) is 0 Å². The number of aromatic nitrogens is 2. The molecule has 0 aliphatic carbocycles. The number of H-pyrrole nitrogens is 2. The lowest BCUT2D eigenvalue weighted by atomic mass is 9.88. The molecule has 148 valence electrons. The van der Waals surface area contributed by atoms with Crippen molar-refractivity contribution in [2.75, 3.05) is 33.7 Å². The first-order valence-electron chi connectivity index (χ1n) is 9.47. The third kappa shape index (κ3) is 2.98. The molecular formula is C20H25N5O3. The van der Waals surface area contributed by atoms with E-state index >= 15 is 0 Å². The van der Waals surface area contributed by atoms with Crippen molar-refractivity contribution in [3.05, 3.63) is 57.8 Å². The average Bonchev–Trinajstić information content (AvgIpc) is 3.35. The second-order valence-electron chi connectivity index (χ2n) is 7.92. The van der Waals surface area contributed by atoms with E-state index in [1.807, 2.05) is 17.0 Å². The summed E-state index contributed by atoms with van der Waals surface area (Å²) in [7, 11) is 3.53. The van der Waals surface area contributed by atoms with Gasteiger partial charge in [-0.15, -0.1) is 0 Å². The summed E-state index contributed by atoms with van der Waals surface area (Å²) in [5.74, 6) is 0.199. The number of likely N-dealkylation sites (tertiary alicyclic amines) is 2. The Balaban J connectivity index is 1.64. The molecule has 8 heteroatoms. The number of carbonyl (C=O) groups is 2. The summed E-state index contributed by atoms with van der Waals surface area (Å²) >= 11 is 0. The number of aryl methyl sites for hydroxylation is 1. The first-order valence-corrected chi connectivity index (χ1v) is 9.47. The fourth-order valence-corrected chi connectivity index (χ4v) is 4.60. The molecule has 1 aromatic carbocycles. The number of hydrogen-bond acceptors (Lipinski definition) is 3. The summed E-state index contributed by atoms with van der Waals surface area (Å²) < 4.78 is 0. The predicted octanol–water partition coefficient (Wildman–Crippen LogP) is 1.44. The molecular weight excluding hydrogens is 358 g/mol. The number of benzene rings is 1. The van der Waals surface area contributed by atoms with Crippen LogP contribution in [0.2, 0.25) is 0 Å². The van der Waals surface area contributed by atoms with Crippen LogP contribution in [0, 0.1) is 18.8 Å². The molecule has 2 fully saturated rings. The van der Waals surface area contributed by atoms with Crippen LogP contribution in [0.3, 0.4) is 0 Å². The van der Waals surface area contributed by atoms with Gasteiger partial charge < -0.3 is 24.7 Å². The summed E-state index contributed by atoms with van der Waals surface area (Å²) in [4.78, 5) is 47.3. The Morgan fingerprint density at radius 3 is 2.54 bits per heavy atom. The molecule has 3 heterocycles. The highest BCUT2D eigenvalue weighted by Gasteiger charge is 2.50. The van der Waals surface area contributed by atoms with Gasteiger partial charge in [0.2, 0.25) is 0 Å². The highest BCUT2D eigenvalue weighted by Crippen LogP contribution is 2.46. The molecule has 2 aromatic rings. The van der Waals surface area contributed by atoms with Crippen LogP contribution in [-0.4, -0.2) is 70.3 Å². The van der Waals surface area contributed by atoms with Gasteiger partial charge in [-0.05, 0) is 18.1 Å². The van der Waals surface area contributed by atoms with Crippen molar-refractivity contribution in [2.45, 2.75) is 13.0 Å². The molecule has 4 rings (SSSR count). The molecule has 2 saturated heterocycles. The Morgan fingerprint density at radius 2 is 1.89 bits per heavy atom. The molecule has 0 saturated carbocycles. The van der Waals surface area contributed by atoms with Crippen LogP contribution >= 0.6 is 0 Å². The first kappa shape index (κ1) is 18.3. The van der Waals surface area contributed by atoms with Gasteiger partial charge in [-0.3, -0.25) is 4.79 Å². The molecule has 2 aliphatic rings. The molecule has 2 aliphatic heterocycles. The third-order valence-corrected chi connectivity index (χ3v) is 5.91. The second kappa shape index (κ2) is 6.85. The third-order valence-electron chi connectivity index (χ3n) is 5.91. The van der Waals surface area contributed by atoms with E-state index in [9.17, 15) is 14.4 Å². The largest absolute Gasteiger partial charge is 0.337 e. The summed E-state index contributed by atoms with van der Waals surface area (Å²) in [5, 5.41) is 0. The first-order chi connectivity index (χ1) is 13.4. The number of nitrogens with one attached hydrogen (secondary N) is 2. The highest BCUT2D eigenvalue weighted by molar-refractivity contribution is 5.92. The van der Waals surface area contributed by atoms with E-state index in [0.717, 1.165) is 11.1 Å². The molecule has 28 heavy (non-hydrogen) atoms. The Bertz CT molecular complexity index is 963. The molecule has 1 aromatic heterocycles. The maximum atomic E-state index is 12.8. The van der Waals surface area contributed by atoms with E-state index in [-0.39, 0.29) is 41.2 Å². The van der Waals surface area contributed by atoms with Crippen LogP contribution in [0.15, 0.2) is 35.3 Å². The van der Waals surface area contributed by atoms with E-state index in [0.29, 0.717) is 19.6 Å². The van der Waals surface area contributed by atoms with E-state index in [4.69, 9.17) is 0 Å². The molecule has 0 spiro atoms. The van der Waals surface area contributed by atoms with Crippen LogP contribution in [0.4, 0.5) is 4.79 Å². The Kier molecular flexibility index (Phi) is 4.49. The molecule has 0 unspecified atom stereocenters. The lowest BCUT2D eigenvalue weighted by Crippen LogP contribution is -2.42. The average molecular weight is 383 g/mol. The zero-order valence-corrected chi connectivity index (χ0v) is 16.3. The molecule has 2 N–H and O–H groups in total. The van der Waals surface area contributed by atoms with Gasteiger partial charge in [-0.1, -0.05) is 24.3 Å². The number of urea groups is 1. The number of amides is 3. The Hall–Kier alpha value is -3.03. The SMILES string of the molecule is Cc1ccccc1[C@H]1[C@@H]2CN(C(=O)c3c[nH]c(=O)[nH]3)C[C@@H]2CN1C(=O)N(C)C. The lowest BCUT2D eigenvalue weighted by molar-refractivity contribution is 0.0761. The number of fused-ring (bicyclic) bond motifs is 1. The topological polar surface area (TPSA) is 92.5 Å². The fraction of sp³-hybridized carbons (Fsp3) is 0.450. The maximum Gasteiger partial charge on any atom is 0.323 e. The molecule has 0 bridgehead atoms. The molecule has 3 atom stereocenters. The van der Waals surface area contributed by atoms with E-state index in [1.165, 1.54) is 6.20 Å². The smallest absolute Gasteiger partial charge is 0.323 e. The number of aromatic amines is 2. The lowest BCUT2D eigenvalue weighted by Gasteiger charge is -2.32. The summed E-state index contributed by atoms with van der Waals surface area (Å²) in [6.07, 6.45) is 1.42. The number of carbonyl (C=O) groups excluding carboxylic acids is 2. The van der Waals surface area contributed by atoms with Gasteiger partial charge in [0, 0.05) is 51.8 Å². The van der Waals surface area contributed by atoms with E-state index in [1.54, 1.807) is 23.9 Å². The number of hydrogen-bond donors (Lipinski definition) is 2.